The molecule has 2 heteroatoms. The molecule has 0 aliphatic carbocycles. The predicted octanol–water partition coefficient (Wildman–Crippen LogP) is 4.72. The molecule has 106 valence electrons. The monoisotopic (exact) mass is 277 g/mol. The summed E-state index contributed by atoms with van der Waals surface area (Å²) >= 11 is 0. The third-order valence-corrected chi connectivity index (χ3v) is 3.49. The van der Waals surface area contributed by atoms with Crippen molar-refractivity contribution in [3.05, 3.63) is 72.5 Å². The van der Waals surface area contributed by atoms with Crippen LogP contribution in [0.3, 0.4) is 0 Å². The molecule has 3 aromatic rings. The molecule has 1 heterocycles. The van der Waals surface area contributed by atoms with Gasteiger partial charge in [0.15, 0.2) is 0 Å². The highest BCUT2D eigenvalue weighted by Crippen LogP contribution is 2.26. The molecule has 0 radical (unpaired) electrons. The summed E-state index contributed by atoms with van der Waals surface area (Å²) in [4.78, 5) is 0. The Hall–Kier alpha value is -2.32. The minimum absolute atomic E-state index is 0.776. The van der Waals surface area contributed by atoms with E-state index >= 15 is 0 Å². The molecule has 0 fully saturated rings. The molecule has 0 unspecified atom stereocenters. The molecule has 0 atom stereocenters. The second-order valence-electron chi connectivity index (χ2n) is 4.99. The van der Waals surface area contributed by atoms with Gasteiger partial charge in [-0.2, -0.15) is 0 Å². The van der Waals surface area contributed by atoms with E-state index < -0.39 is 0 Å². The van der Waals surface area contributed by atoms with Crippen LogP contribution in [-0.4, -0.2) is 6.54 Å². The highest BCUT2D eigenvalue weighted by atomic mass is 16.3. The molecule has 0 saturated carbocycles. The van der Waals surface area contributed by atoms with Crippen molar-refractivity contribution in [3.8, 4) is 22.5 Å². The SMILES string of the molecule is CCNCc1ccc(-c2ccc(-c3ccccc3)cc2)o1. The molecule has 21 heavy (non-hydrogen) atoms. The Labute approximate surface area is 125 Å². The van der Waals surface area contributed by atoms with Crippen LogP contribution in [0.15, 0.2) is 71.1 Å². The lowest BCUT2D eigenvalue weighted by atomic mass is 10.0. The lowest BCUT2D eigenvalue weighted by Gasteiger charge is -2.03. The quantitative estimate of drug-likeness (QED) is 0.729. The summed E-state index contributed by atoms with van der Waals surface area (Å²) in [5.41, 5.74) is 3.56. The summed E-state index contributed by atoms with van der Waals surface area (Å²) in [5.74, 6) is 1.89. The van der Waals surface area contributed by atoms with Gasteiger partial charge in [-0.1, -0.05) is 61.5 Å². The van der Waals surface area contributed by atoms with Gasteiger partial charge in [-0.05, 0) is 29.8 Å². The molecule has 0 amide bonds. The molecule has 0 aliphatic rings. The van der Waals surface area contributed by atoms with Gasteiger partial charge in [0.2, 0.25) is 0 Å². The summed E-state index contributed by atoms with van der Waals surface area (Å²) in [6.45, 7) is 3.81. The first kappa shape index (κ1) is 13.7. The maximum Gasteiger partial charge on any atom is 0.134 e. The molecule has 1 aromatic heterocycles. The van der Waals surface area contributed by atoms with Crippen molar-refractivity contribution in [1.29, 1.82) is 0 Å². The van der Waals surface area contributed by atoms with Crippen LogP contribution in [0.2, 0.25) is 0 Å². The highest BCUT2D eigenvalue weighted by molar-refractivity contribution is 5.68. The molecular weight excluding hydrogens is 258 g/mol. The van der Waals surface area contributed by atoms with Crippen LogP contribution < -0.4 is 5.32 Å². The van der Waals surface area contributed by atoms with E-state index in [1.807, 2.05) is 18.2 Å². The van der Waals surface area contributed by atoms with Gasteiger partial charge in [0, 0.05) is 5.56 Å². The van der Waals surface area contributed by atoms with E-state index in [1.54, 1.807) is 0 Å². The van der Waals surface area contributed by atoms with Gasteiger partial charge in [0.1, 0.15) is 11.5 Å². The van der Waals surface area contributed by atoms with Gasteiger partial charge in [0.25, 0.3) is 0 Å². The van der Waals surface area contributed by atoms with E-state index in [9.17, 15) is 0 Å². The van der Waals surface area contributed by atoms with Crippen molar-refractivity contribution in [3.63, 3.8) is 0 Å². The summed E-state index contributed by atoms with van der Waals surface area (Å²) in [7, 11) is 0. The number of benzene rings is 2. The zero-order valence-electron chi connectivity index (χ0n) is 12.2. The second kappa shape index (κ2) is 6.42. The average Bonchev–Trinajstić information content (AvgIpc) is 3.03. The standard InChI is InChI=1S/C19H19NO/c1-2-20-14-18-12-13-19(21-18)17-10-8-16(9-11-17)15-6-4-3-5-7-15/h3-13,20H,2,14H2,1H3. The Morgan fingerprint density at radius 1 is 0.762 bits per heavy atom. The fourth-order valence-electron chi connectivity index (χ4n) is 2.33. The topological polar surface area (TPSA) is 25.2 Å². The fraction of sp³-hybridized carbons (Fsp3) is 0.158. The van der Waals surface area contributed by atoms with Gasteiger partial charge in [-0.15, -0.1) is 0 Å². The molecule has 0 spiro atoms. The molecule has 2 aromatic carbocycles. The molecule has 0 aliphatic heterocycles. The minimum atomic E-state index is 0.776. The van der Waals surface area contributed by atoms with E-state index in [1.165, 1.54) is 11.1 Å². The van der Waals surface area contributed by atoms with Gasteiger partial charge in [0.05, 0.1) is 6.54 Å². The smallest absolute Gasteiger partial charge is 0.134 e. The summed E-state index contributed by atoms with van der Waals surface area (Å²) in [6, 6.07) is 22.9. The second-order valence-corrected chi connectivity index (χ2v) is 4.99. The van der Waals surface area contributed by atoms with Crippen molar-refractivity contribution in [2.24, 2.45) is 0 Å². The molecule has 3 rings (SSSR count). The van der Waals surface area contributed by atoms with Crippen LogP contribution in [0.5, 0.6) is 0 Å². The van der Waals surface area contributed by atoms with Crippen molar-refractivity contribution in [1.82, 2.24) is 5.32 Å². The van der Waals surface area contributed by atoms with Crippen molar-refractivity contribution in [2.75, 3.05) is 6.54 Å². The van der Waals surface area contributed by atoms with Crippen LogP contribution in [0.4, 0.5) is 0 Å². The van der Waals surface area contributed by atoms with Gasteiger partial charge >= 0.3 is 0 Å². The zero-order valence-corrected chi connectivity index (χ0v) is 12.2. The summed E-state index contributed by atoms with van der Waals surface area (Å²) < 4.78 is 5.85. The first-order valence-electron chi connectivity index (χ1n) is 7.32. The molecule has 1 N–H and O–H groups in total. The first-order chi connectivity index (χ1) is 10.4. The number of hydrogen-bond acceptors (Lipinski definition) is 2. The van der Waals surface area contributed by atoms with Crippen LogP contribution in [0.25, 0.3) is 22.5 Å². The first-order valence-corrected chi connectivity index (χ1v) is 7.32. The third-order valence-electron chi connectivity index (χ3n) is 3.49. The normalized spacial score (nSPS) is 10.7. The number of rotatable bonds is 5. The van der Waals surface area contributed by atoms with Gasteiger partial charge < -0.3 is 9.73 Å². The number of furan rings is 1. The van der Waals surface area contributed by atoms with E-state index in [4.69, 9.17) is 4.42 Å². The maximum atomic E-state index is 5.85. The van der Waals surface area contributed by atoms with E-state index in [-0.39, 0.29) is 0 Å². The van der Waals surface area contributed by atoms with E-state index in [2.05, 4.69) is 60.8 Å². The zero-order chi connectivity index (χ0) is 14.5. The Kier molecular flexibility index (Phi) is 4.17. The Balaban J connectivity index is 1.79. The van der Waals surface area contributed by atoms with Crippen LogP contribution in [-0.2, 0) is 6.54 Å². The lowest BCUT2D eigenvalue weighted by molar-refractivity contribution is 0.498. The minimum Gasteiger partial charge on any atom is -0.460 e. The number of nitrogens with one attached hydrogen (secondary N) is 1. The molecule has 2 nitrogen and oxygen atoms in total. The predicted molar refractivity (Wildman–Crippen MR) is 87.0 cm³/mol. The fourth-order valence-corrected chi connectivity index (χ4v) is 2.33. The van der Waals surface area contributed by atoms with Crippen LogP contribution in [0, 0.1) is 0 Å². The summed E-state index contributed by atoms with van der Waals surface area (Å²) in [6.07, 6.45) is 0. The van der Waals surface area contributed by atoms with Gasteiger partial charge in [-0.25, -0.2) is 0 Å². The largest absolute Gasteiger partial charge is 0.460 e. The van der Waals surface area contributed by atoms with E-state index in [0.29, 0.717) is 0 Å². The van der Waals surface area contributed by atoms with Crippen molar-refractivity contribution in [2.45, 2.75) is 13.5 Å². The Morgan fingerprint density at radius 3 is 2.14 bits per heavy atom. The highest BCUT2D eigenvalue weighted by Gasteiger charge is 2.05. The summed E-state index contributed by atoms with van der Waals surface area (Å²) in [5, 5.41) is 3.27. The average molecular weight is 277 g/mol. The lowest BCUT2D eigenvalue weighted by Crippen LogP contribution is -2.10. The van der Waals surface area contributed by atoms with Crippen LogP contribution in [0.1, 0.15) is 12.7 Å². The molecule has 0 saturated heterocycles. The Morgan fingerprint density at radius 2 is 1.43 bits per heavy atom. The van der Waals surface area contributed by atoms with Crippen LogP contribution >= 0.6 is 0 Å². The maximum absolute atomic E-state index is 5.85. The number of hydrogen-bond donors (Lipinski definition) is 1. The van der Waals surface area contributed by atoms with Gasteiger partial charge in [-0.3, -0.25) is 0 Å². The molecular formula is C19H19NO. The van der Waals surface area contributed by atoms with E-state index in [0.717, 1.165) is 30.2 Å². The Bertz CT molecular complexity index is 683. The van der Waals surface area contributed by atoms with Crippen molar-refractivity contribution >= 4 is 0 Å². The third kappa shape index (κ3) is 3.23. The molecule has 0 bridgehead atoms. The van der Waals surface area contributed by atoms with Crippen molar-refractivity contribution < 1.29 is 4.42 Å².